The molecule has 0 aliphatic heterocycles. The molecule has 1 amide bonds. The van der Waals surface area contributed by atoms with Gasteiger partial charge < -0.3 is 10.4 Å². The summed E-state index contributed by atoms with van der Waals surface area (Å²) in [5.74, 6) is -1.34. The van der Waals surface area contributed by atoms with Crippen LogP contribution in [0.15, 0.2) is 5.51 Å². The van der Waals surface area contributed by atoms with Crippen LogP contribution in [0.5, 0.6) is 0 Å². The van der Waals surface area contributed by atoms with Crippen molar-refractivity contribution in [2.24, 2.45) is 0 Å². The van der Waals surface area contributed by atoms with Crippen LogP contribution in [-0.2, 0) is 4.79 Å². The van der Waals surface area contributed by atoms with Crippen LogP contribution in [0.25, 0.3) is 0 Å². The van der Waals surface area contributed by atoms with Crippen molar-refractivity contribution < 1.29 is 14.7 Å². The summed E-state index contributed by atoms with van der Waals surface area (Å²) in [6.45, 7) is 3.71. The predicted octanol–water partition coefficient (Wildman–Crippen LogP) is 1.82. The zero-order valence-corrected chi connectivity index (χ0v) is 10.7. The summed E-state index contributed by atoms with van der Waals surface area (Å²) < 4.78 is 0. The van der Waals surface area contributed by atoms with Gasteiger partial charge in [-0.3, -0.25) is 4.79 Å². The third-order valence-electron chi connectivity index (χ3n) is 2.40. The van der Waals surface area contributed by atoms with E-state index in [1.807, 2.05) is 6.92 Å². The molecule has 0 aliphatic carbocycles. The van der Waals surface area contributed by atoms with E-state index >= 15 is 0 Å². The first-order valence-electron chi connectivity index (χ1n) is 5.50. The fourth-order valence-corrected chi connectivity index (χ4v) is 2.11. The highest BCUT2D eigenvalue weighted by Crippen LogP contribution is 2.12. The van der Waals surface area contributed by atoms with E-state index in [-0.39, 0.29) is 5.91 Å². The van der Waals surface area contributed by atoms with Crippen molar-refractivity contribution >= 4 is 23.2 Å². The smallest absolute Gasteiger partial charge is 0.326 e. The summed E-state index contributed by atoms with van der Waals surface area (Å²) in [7, 11) is 0. The number of aromatic nitrogens is 1. The van der Waals surface area contributed by atoms with Gasteiger partial charge in [0.2, 0.25) is 0 Å². The van der Waals surface area contributed by atoms with Crippen molar-refractivity contribution in [3.8, 4) is 0 Å². The van der Waals surface area contributed by atoms with Crippen molar-refractivity contribution in [1.82, 2.24) is 10.3 Å². The SMILES string of the molecule is CCCCC(NC(=O)c1scnc1C)C(=O)O. The van der Waals surface area contributed by atoms with E-state index < -0.39 is 12.0 Å². The van der Waals surface area contributed by atoms with Crippen molar-refractivity contribution in [3.05, 3.63) is 16.1 Å². The number of nitrogens with zero attached hydrogens (tertiary/aromatic N) is 1. The largest absolute Gasteiger partial charge is 0.480 e. The second-order valence-electron chi connectivity index (χ2n) is 3.77. The van der Waals surface area contributed by atoms with E-state index in [4.69, 9.17) is 5.11 Å². The lowest BCUT2D eigenvalue weighted by Crippen LogP contribution is -2.40. The Morgan fingerprint density at radius 2 is 2.29 bits per heavy atom. The van der Waals surface area contributed by atoms with Crippen LogP contribution in [0, 0.1) is 6.92 Å². The number of unbranched alkanes of at least 4 members (excludes halogenated alkanes) is 1. The Morgan fingerprint density at radius 1 is 1.59 bits per heavy atom. The van der Waals surface area contributed by atoms with E-state index in [1.165, 1.54) is 11.3 Å². The number of aliphatic carboxylic acids is 1. The first kappa shape index (κ1) is 13.6. The molecule has 17 heavy (non-hydrogen) atoms. The molecular formula is C11H16N2O3S. The third kappa shape index (κ3) is 3.81. The maximum atomic E-state index is 11.8. The van der Waals surface area contributed by atoms with Gasteiger partial charge in [-0.25, -0.2) is 9.78 Å². The number of hydrogen-bond acceptors (Lipinski definition) is 4. The number of carbonyl (C=O) groups excluding carboxylic acids is 1. The lowest BCUT2D eigenvalue weighted by atomic mass is 10.1. The second-order valence-corrected chi connectivity index (χ2v) is 4.63. The Morgan fingerprint density at radius 3 is 2.76 bits per heavy atom. The maximum absolute atomic E-state index is 11.8. The molecule has 2 N–H and O–H groups in total. The summed E-state index contributed by atoms with van der Waals surface area (Å²) in [6.07, 6.45) is 2.13. The first-order chi connectivity index (χ1) is 8.06. The van der Waals surface area contributed by atoms with E-state index in [1.54, 1.807) is 12.4 Å². The second kappa shape index (κ2) is 6.34. The van der Waals surface area contributed by atoms with Gasteiger partial charge in [-0.2, -0.15) is 0 Å². The Labute approximate surface area is 104 Å². The molecule has 0 saturated carbocycles. The van der Waals surface area contributed by atoms with Crippen molar-refractivity contribution in [1.29, 1.82) is 0 Å². The minimum atomic E-state index is -0.992. The van der Waals surface area contributed by atoms with Crippen LogP contribution < -0.4 is 5.32 Å². The summed E-state index contributed by atoms with van der Waals surface area (Å²) >= 11 is 1.22. The van der Waals surface area contributed by atoms with Crippen molar-refractivity contribution in [2.45, 2.75) is 39.2 Å². The van der Waals surface area contributed by atoms with Crippen LogP contribution in [0.3, 0.4) is 0 Å². The van der Waals surface area contributed by atoms with Crippen LogP contribution >= 0.6 is 11.3 Å². The van der Waals surface area contributed by atoms with Crippen LogP contribution in [0.2, 0.25) is 0 Å². The molecule has 5 nitrogen and oxygen atoms in total. The first-order valence-corrected chi connectivity index (χ1v) is 6.38. The molecule has 0 fully saturated rings. The molecule has 0 aliphatic rings. The zero-order valence-electron chi connectivity index (χ0n) is 9.90. The molecule has 1 aromatic heterocycles. The molecule has 94 valence electrons. The molecule has 0 saturated heterocycles. The highest BCUT2D eigenvalue weighted by molar-refractivity contribution is 7.11. The summed E-state index contributed by atoms with van der Waals surface area (Å²) in [5.41, 5.74) is 2.21. The summed E-state index contributed by atoms with van der Waals surface area (Å²) in [4.78, 5) is 27.2. The zero-order chi connectivity index (χ0) is 12.8. The molecule has 0 radical (unpaired) electrons. The molecule has 1 atom stereocenters. The normalized spacial score (nSPS) is 12.1. The number of nitrogens with one attached hydrogen (secondary N) is 1. The Hall–Kier alpha value is -1.43. The van der Waals surface area contributed by atoms with Crippen LogP contribution in [0.1, 0.15) is 41.6 Å². The van der Waals surface area contributed by atoms with E-state index in [9.17, 15) is 9.59 Å². The minimum absolute atomic E-state index is 0.353. The average Bonchev–Trinajstić information content (AvgIpc) is 2.70. The highest BCUT2D eigenvalue weighted by atomic mass is 32.1. The molecule has 0 bridgehead atoms. The van der Waals surface area contributed by atoms with E-state index in [0.717, 1.165) is 12.8 Å². The third-order valence-corrected chi connectivity index (χ3v) is 3.33. The van der Waals surface area contributed by atoms with Crippen LogP contribution in [0.4, 0.5) is 0 Å². The van der Waals surface area contributed by atoms with E-state index in [2.05, 4.69) is 10.3 Å². The number of aryl methyl sites for hydroxylation is 1. The highest BCUT2D eigenvalue weighted by Gasteiger charge is 2.21. The molecule has 6 heteroatoms. The molecule has 0 spiro atoms. The average molecular weight is 256 g/mol. The lowest BCUT2D eigenvalue weighted by Gasteiger charge is -2.13. The standard InChI is InChI=1S/C11H16N2O3S/c1-3-4-5-8(11(15)16)13-10(14)9-7(2)12-6-17-9/h6,8H,3-5H2,1-2H3,(H,13,14)(H,15,16). The van der Waals surface area contributed by atoms with Gasteiger partial charge in [-0.1, -0.05) is 19.8 Å². The topological polar surface area (TPSA) is 79.3 Å². The van der Waals surface area contributed by atoms with Gasteiger partial charge in [0.15, 0.2) is 0 Å². The van der Waals surface area contributed by atoms with Crippen LogP contribution in [-0.4, -0.2) is 28.0 Å². The number of hydrogen-bond donors (Lipinski definition) is 2. The maximum Gasteiger partial charge on any atom is 0.326 e. The number of amides is 1. The van der Waals surface area contributed by atoms with E-state index in [0.29, 0.717) is 17.0 Å². The summed E-state index contributed by atoms with van der Waals surface area (Å²) in [6, 6.07) is -0.816. The summed E-state index contributed by atoms with van der Waals surface area (Å²) in [5, 5.41) is 11.5. The molecule has 1 rings (SSSR count). The Bertz CT molecular complexity index is 403. The molecular weight excluding hydrogens is 240 g/mol. The number of carboxylic acid groups (broad SMARTS) is 1. The van der Waals surface area contributed by atoms with Gasteiger partial charge >= 0.3 is 5.97 Å². The van der Waals surface area contributed by atoms with Gasteiger partial charge in [0, 0.05) is 0 Å². The molecule has 1 heterocycles. The number of rotatable bonds is 6. The Kier molecular flexibility index (Phi) is 5.09. The number of carbonyl (C=O) groups is 2. The fourth-order valence-electron chi connectivity index (χ4n) is 1.41. The van der Waals surface area contributed by atoms with Gasteiger partial charge in [0.05, 0.1) is 11.2 Å². The number of thiazole rings is 1. The van der Waals surface area contributed by atoms with Gasteiger partial charge in [0.1, 0.15) is 10.9 Å². The molecule has 1 aromatic rings. The monoisotopic (exact) mass is 256 g/mol. The minimum Gasteiger partial charge on any atom is -0.480 e. The molecule has 1 unspecified atom stereocenters. The van der Waals surface area contributed by atoms with Crippen molar-refractivity contribution in [3.63, 3.8) is 0 Å². The number of carboxylic acids is 1. The lowest BCUT2D eigenvalue weighted by molar-refractivity contribution is -0.139. The fraction of sp³-hybridized carbons (Fsp3) is 0.545. The van der Waals surface area contributed by atoms with Gasteiger partial charge in [-0.05, 0) is 13.3 Å². The predicted molar refractivity (Wildman–Crippen MR) is 65.3 cm³/mol. The van der Waals surface area contributed by atoms with Crippen molar-refractivity contribution in [2.75, 3.05) is 0 Å². The van der Waals surface area contributed by atoms with Gasteiger partial charge in [-0.15, -0.1) is 11.3 Å². The quantitative estimate of drug-likeness (QED) is 0.813. The Balaban J connectivity index is 2.64. The van der Waals surface area contributed by atoms with Gasteiger partial charge in [0.25, 0.3) is 5.91 Å². The molecule has 0 aromatic carbocycles.